The van der Waals surface area contributed by atoms with E-state index in [0.717, 1.165) is 46.4 Å². The topological polar surface area (TPSA) is 85.2 Å². The number of ether oxygens (including phenoxy) is 3. The minimum atomic E-state index is -0.625. The second-order valence-corrected chi connectivity index (χ2v) is 11.2. The molecule has 0 aliphatic carbocycles. The summed E-state index contributed by atoms with van der Waals surface area (Å²) in [4.78, 5) is 11.6. The van der Waals surface area contributed by atoms with Crippen LogP contribution >= 0.6 is 0 Å². The molecule has 4 aromatic carbocycles. The zero-order valence-electron chi connectivity index (χ0n) is 26.7. The highest BCUT2D eigenvalue weighted by atomic mass is 16.6. The Morgan fingerprint density at radius 3 is 1.93 bits per heavy atom. The number of unbranched alkanes of at least 4 members (excludes halogenated alkanes) is 2. The first-order chi connectivity index (χ1) is 22.4. The van der Waals surface area contributed by atoms with Crippen molar-refractivity contribution in [3.63, 3.8) is 0 Å². The lowest BCUT2D eigenvalue weighted by molar-refractivity contribution is -0.140. The molecular formula is C40H44O6. The number of hydrogen-bond acceptors (Lipinski definition) is 6. The second kappa shape index (κ2) is 17.7. The van der Waals surface area contributed by atoms with Crippen LogP contribution in [0.4, 0.5) is 0 Å². The molecule has 6 nitrogen and oxygen atoms in total. The minimum absolute atomic E-state index is 0.0174. The van der Waals surface area contributed by atoms with Gasteiger partial charge in [0.1, 0.15) is 24.7 Å². The van der Waals surface area contributed by atoms with Gasteiger partial charge in [-0.3, -0.25) is 0 Å². The molecule has 4 aromatic rings. The van der Waals surface area contributed by atoms with Gasteiger partial charge < -0.3 is 24.4 Å². The first-order valence-electron chi connectivity index (χ1n) is 15.8. The number of carbonyl (C=O) groups excluding carboxylic acids is 1. The van der Waals surface area contributed by atoms with Gasteiger partial charge >= 0.3 is 5.97 Å². The lowest BCUT2D eigenvalue weighted by Crippen LogP contribution is -2.14. The molecule has 0 fully saturated rings. The van der Waals surface area contributed by atoms with Gasteiger partial charge in [0.15, 0.2) is 0 Å². The molecule has 6 heteroatoms. The summed E-state index contributed by atoms with van der Waals surface area (Å²) in [5.74, 6) is 0.857. The standard InChI is InChI=1S/C40H44O6/c1-4-5-6-9-36-24-35(34-11-8-12-37(26-34)44-21-20-29(2)27-41)18-19-39(36)32-16-14-31(15-17-32)33-10-7-13-38(25-33)45-22-23-46-40(43)30(3)28-42/h7-8,10-19,24-26,41-42H,2-6,9,20-23,27-28H2,1H3. The quantitative estimate of drug-likeness (QED) is 0.0505. The number of aryl methyl sites for hydroxylation is 1. The number of hydrogen-bond donors (Lipinski definition) is 2. The molecule has 0 radical (unpaired) electrons. The highest BCUT2D eigenvalue weighted by molar-refractivity contribution is 5.87. The Bertz CT molecular complexity index is 1600. The van der Waals surface area contributed by atoms with Crippen LogP contribution in [-0.4, -0.2) is 49.2 Å². The van der Waals surface area contributed by atoms with E-state index in [1.165, 1.54) is 29.5 Å². The van der Waals surface area contributed by atoms with E-state index in [1.54, 1.807) is 0 Å². The van der Waals surface area contributed by atoms with Gasteiger partial charge in [0, 0.05) is 6.42 Å². The average molecular weight is 621 g/mol. The number of carbonyl (C=O) groups is 1. The van der Waals surface area contributed by atoms with E-state index in [0.29, 0.717) is 18.8 Å². The second-order valence-electron chi connectivity index (χ2n) is 11.2. The summed E-state index contributed by atoms with van der Waals surface area (Å²) < 4.78 is 16.8. The van der Waals surface area contributed by atoms with E-state index < -0.39 is 12.6 Å². The van der Waals surface area contributed by atoms with Crippen molar-refractivity contribution in [2.75, 3.05) is 33.0 Å². The molecule has 0 saturated carbocycles. The molecule has 0 spiro atoms. The van der Waals surface area contributed by atoms with Crippen LogP contribution in [0, 0.1) is 0 Å². The van der Waals surface area contributed by atoms with Crippen LogP contribution in [-0.2, 0) is 16.0 Å². The Balaban J connectivity index is 1.48. The van der Waals surface area contributed by atoms with Crippen LogP contribution in [0.25, 0.3) is 33.4 Å². The SMILES string of the molecule is C=C(CO)CCOc1cccc(-c2ccc(-c3ccc(-c4cccc(OCCOC(=O)C(=C)CO)c4)cc3)c(CCCCC)c2)c1. The minimum Gasteiger partial charge on any atom is -0.493 e. The molecule has 46 heavy (non-hydrogen) atoms. The summed E-state index contributed by atoms with van der Waals surface area (Å²) in [6, 6.07) is 31.3. The zero-order valence-corrected chi connectivity index (χ0v) is 26.7. The number of benzene rings is 4. The van der Waals surface area contributed by atoms with Gasteiger partial charge in [0.2, 0.25) is 0 Å². The third-order valence-electron chi connectivity index (χ3n) is 7.70. The van der Waals surface area contributed by atoms with Gasteiger partial charge in [-0.15, -0.1) is 0 Å². The normalized spacial score (nSPS) is 10.8. The van der Waals surface area contributed by atoms with Crippen LogP contribution in [0.5, 0.6) is 11.5 Å². The van der Waals surface area contributed by atoms with Crippen molar-refractivity contribution in [2.45, 2.75) is 39.0 Å². The summed E-state index contributed by atoms with van der Waals surface area (Å²) in [7, 11) is 0. The maximum Gasteiger partial charge on any atom is 0.335 e. The molecule has 2 N–H and O–H groups in total. The lowest BCUT2D eigenvalue weighted by atomic mass is 9.91. The predicted octanol–water partition coefficient (Wildman–Crippen LogP) is 8.21. The van der Waals surface area contributed by atoms with Gasteiger partial charge in [0.25, 0.3) is 0 Å². The average Bonchev–Trinajstić information content (AvgIpc) is 3.10. The predicted molar refractivity (Wildman–Crippen MR) is 185 cm³/mol. The fraction of sp³-hybridized carbons (Fsp3) is 0.275. The monoisotopic (exact) mass is 620 g/mol. The Kier molecular flexibility index (Phi) is 13.2. The van der Waals surface area contributed by atoms with Crippen molar-refractivity contribution in [3.05, 3.63) is 121 Å². The van der Waals surface area contributed by atoms with E-state index in [2.05, 4.69) is 74.7 Å². The van der Waals surface area contributed by atoms with Gasteiger partial charge in [0.05, 0.1) is 25.4 Å². The molecule has 0 amide bonds. The van der Waals surface area contributed by atoms with Gasteiger partial charge in [-0.25, -0.2) is 4.79 Å². The zero-order chi connectivity index (χ0) is 32.7. The molecular weight excluding hydrogens is 576 g/mol. The maximum atomic E-state index is 11.6. The molecule has 0 bridgehead atoms. The lowest BCUT2D eigenvalue weighted by Gasteiger charge is -2.14. The van der Waals surface area contributed by atoms with E-state index in [4.69, 9.17) is 19.3 Å². The first-order valence-corrected chi connectivity index (χ1v) is 15.8. The summed E-state index contributed by atoms with van der Waals surface area (Å²) in [5.41, 5.74) is 8.86. The molecule has 0 aromatic heterocycles. The van der Waals surface area contributed by atoms with Crippen molar-refractivity contribution >= 4 is 5.97 Å². The Hall–Kier alpha value is -4.65. The summed E-state index contributed by atoms with van der Waals surface area (Å²) in [6.45, 7) is 9.82. The van der Waals surface area contributed by atoms with Gasteiger partial charge in [-0.05, 0) is 81.6 Å². The number of aliphatic hydroxyl groups is 2. The summed E-state index contributed by atoms with van der Waals surface area (Å²) >= 11 is 0. The molecule has 0 atom stereocenters. The van der Waals surface area contributed by atoms with Crippen LogP contribution in [0.2, 0.25) is 0 Å². The molecule has 240 valence electrons. The van der Waals surface area contributed by atoms with Crippen molar-refractivity contribution in [2.24, 2.45) is 0 Å². The third-order valence-corrected chi connectivity index (χ3v) is 7.70. The summed E-state index contributed by atoms with van der Waals surface area (Å²) in [5, 5.41) is 18.2. The van der Waals surface area contributed by atoms with E-state index in [1.807, 2.05) is 36.4 Å². The third kappa shape index (κ3) is 9.93. The number of rotatable bonds is 18. The molecule has 0 unspecified atom stereocenters. The van der Waals surface area contributed by atoms with Crippen molar-refractivity contribution < 1.29 is 29.2 Å². The van der Waals surface area contributed by atoms with Crippen molar-refractivity contribution in [1.82, 2.24) is 0 Å². The van der Waals surface area contributed by atoms with E-state index >= 15 is 0 Å². The van der Waals surface area contributed by atoms with Crippen molar-refractivity contribution in [3.8, 4) is 44.9 Å². The maximum absolute atomic E-state index is 11.6. The molecule has 0 heterocycles. The van der Waals surface area contributed by atoms with E-state index in [-0.39, 0.29) is 25.4 Å². The highest BCUT2D eigenvalue weighted by Gasteiger charge is 2.11. The Labute approximate surface area is 272 Å². The van der Waals surface area contributed by atoms with Gasteiger partial charge in [-0.1, -0.05) is 99.7 Å². The van der Waals surface area contributed by atoms with Crippen LogP contribution < -0.4 is 9.47 Å². The van der Waals surface area contributed by atoms with Crippen LogP contribution in [0.3, 0.4) is 0 Å². The number of aliphatic hydroxyl groups excluding tert-OH is 2. The largest absolute Gasteiger partial charge is 0.493 e. The molecule has 0 aliphatic rings. The molecule has 0 aliphatic heterocycles. The number of esters is 1. The Morgan fingerprint density at radius 2 is 1.28 bits per heavy atom. The summed E-state index contributed by atoms with van der Waals surface area (Å²) in [6.07, 6.45) is 5.10. The fourth-order valence-electron chi connectivity index (χ4n) is 5.05. The molecule has 4 rings (SSSR count). The van der Waals surface area contributed by atoms with Gasteiger partial charge in [-0.2, -0.15) is 0 Å². The fourth-order valence-corrected chi connectivity index (χ4v) is 5.05. The first kappa shape index (κ1) is 34.2. The van der Waals surface area contributed by atoms with Crippen LogP contribution in [0.1, 0.15) is 38.2 Å². The van der Waals surface area contributed by atoms with E-state index in [9.17, 15) is 9.90 Å². The van der Waals surface area contributed by atoms with Crippen molar-refractivity contribution in [1.29, 1.82) is 0 Å². The highest BCUT2D eigenvalue weighted by Crippen LogP contribution is 2.33. The Morgan fingerprint density at radius 1 is 0.674 bits per heavy atom. The van der Waals surface area contributed by atoms with Crippen LogP contribution in [0.15, 0.2) is 115 Å². The smallest absolute Gasteiger partial charge is 0.335 e. The molecule has 0 saturated heterocycles.